The fourth-order valence-electron chi connectivity index (χ4n) is 2.24. The van der Waals surface area contributed by atoms with Gasteiger partial charge in [0.2, 0.25) is 5.09 Å². The molecule has 2 aromatic heterocycles. The van der Waals surface area contributed by atoms with Crippen LogP contribution >= 0.6 is 11.8 Å². The van der Waals surface area contributed by atoms with Crippen LogP contribution in [0.3, 0.4) is 0 Å². The number of hydrogen-bond acceptors (Lipinski definition) is 6. The molecule has 7 nitrogen and oxygen atoms in total. The number of nitrogens with zero attached hydrogens (tertiary/aromatic N) is 3. The zero-order valence-corrected chi connectivity index (χ0v) is 16.3. The molecule has 138 valence electrons. The Bertz CT molecular complexity index is 993. The van der Waals surface area contributed by atoms with Gasteiger partial charge in [-0.15, -0.1) is 0 Å². The van der Waals surface area contributed by atoms with Gasteiger partial charge in [0.15, 0.2) is 5.16 Å². The fourth-order valence-corrected chi connectivity index (χ4v) is 3.92. The van der Waals surface area contributed by atoms with Gasteiger partial charge >= 0.3 is 0 Å². The lowest BCUT2D eigenvalue weighted by Crippen LogP contribution is -2.21. The van der Waals surface area contributed by atoms with Crippen LogP contribution in [0.5, 0.6) is 5.75 Å². The molecule has 1 aromatic carbocycles. The van der Waals surface area contributed by atoms with E-state index in [0.717, 1.165) is 20.9 Å². The summed E-state index contributed by atoms with van der Waals surface area (Å²) in [5.74, 6) is 1.79. The molecule has 0 saturated heterocycles. The number of imidazole rings is 1. The zero-order chi connectivity index (χ0) is 18.7. The van der Waals surface area contributed by atoms with E-state index in [2.05, 4.69) is 4.98 Å². The number of methoxy groups -OCH3 is 1. The molecule has 3 aromatic rings. The van der Waals surface area contributed by atoms with Gasteiger partial charge in [0.05, 0.1) is 18.6 Å². The van der Waals surface area contributed by atoms with Crippen LogP contribution in [-0.4, -0.2) is 43.5 Å². The normalized spacial score (nSPS) is 11.8. The highest BCUT2D eigenvalue weighted by atomic mass is 32.2. The molecule has 0 saturated carbocycles. The second-order valence-corrected chi connectivity index (χ2v) is 8.60. The van der Waals surface area contributed by atoms with Crippen molar-refractivity contribution in [3.05, 3.63) is 54.6 Å². The monoisotopic (exact) mass is 393 g/mol. The fraction of sp³-hybridized carbons (Fsp3) is 0.235. The van der Waals surface area contributed by atoms with Crippen molar-refractivity contribution in [3.63, 3.8) is 0 Å². The maximum atomic E-state index is 12.1. The highest BCUT2D eigenvalue weighted by molar-refractivity contribution is 7.98. The number of rotatable bonds is 7. The smallest absolute Gasteiger partial charge is 0.275 e. The van der Waals surface area contributed by atoms with Gasteiger partial charge in [0, 0.05) is 32.6 Å². The van der Waals surface area contributed by atoms with Crippen molar-refractivity contribution in [2.45, 2.75) is 16.0 Å². The van der Waals surface area contributed by atoms with E-state index in [9.17, 15) is 8.42 Å². The van der Waals surface area contributed by atoms with E-state index in [1.807, 2.05) is 35.0 Å². The van der Waals surface area contributed by atoms with Crippen molar-refractivity contribution < 1.29 is 17.6 Å². The van der Waals surface area contributed by atoms with Gasteiger partial charge in [-0.25, -0.2) is 17.7 Å². The van der Waals surface area contributed by atoms with Crippen LogP contribution in [-0.2, 0) is 15.8 Å². The molecule has 9 heteroatoms. The number of benzene rings is 1. The van der Waals surface area contributed by atoms with Gasteiger partial charge in [-0.1, -0.05) is 17.8 Å². The standard InChI is InChI=1S/C17H19N3O4S2/c1-19(2)26(21,22)16-8-7-15(24-16)12-25-17-18-9-10-20(17)13-5-4-6-14(11-13)23-3/h4-11H,12H2,1-3H3. The SMILES string of the molecule is COc1cccc(-n2ccnc2SCc2ccc(S(=O)(=O)N(C)C)o2)c1. The predicted octanol–water partition coefficient (Wildman–Crippen LogP) is 3.02. The van der Waals surface area contributed by atoms with Gasteiger partial charge in [-0.05, 0) is 24.3 Å². The van der Waals surface area contributed by atoms with Crippen molar-refractivity contribution >= 4 is 21.8 Å². The molecule has 0 aliphatic rings. The lowest BCUT2D eigenvalue weighted by atomic mass is 10.3. The molecule has 0 radical (unpaired) electrons. The molecule has 3 rings (SSSR count). The lowest BCUT2D eigenvalue weighted by Gasteiger charge is -2.09. The second kappa shape index (κ2) is 7.56. The quantitative estimate of drug-likeness (QED) is 0.574. The van der Waals surface area contributed by atoms with E-state index >= 15 is 0 Å². The number of sulfonamides is 1. The van der Waals surface area contributed by atoms with E-state index in [0.29, 0.717) is 11.5 Å². The first kappa shape index (κ1) is 18.6. The van der Waals surface area contributed by atoms with Crippen molar-refractivity contribution in [3.8, 4) is 11.4 Å². The largest absolute Gasteiger partial charge is 0.497 e. The molecule has 0 atom stereocenters. The topological polar surface area (TPSA) is 77.6 Å². The Morgan fingerprint density at radius 3 is 2.81 bits per heavy atom. The summed E-state index contributed by atoms with van der Waals surface area (Å²) in [6, 6.07) is 10.8. The molecule has 26 heavy (non-hydrogen) atoms. The first-order valence-corrected chi connectivity index (χ1v) is 10.2. The lowest BCUT2D eigenvalue weighted by molar-refractivity contribution is 0.408. The molecule has 0 aliphatic heterocycles. The number of thioether (sulfide) groups is 1. The van der Waals surface area contributed by atoms with E-state index < -0.39 is 10.0 Å². The van der Waals surface area contributed by atoms with Crippen LogP contribution in [0.2, 0.25) is 0 Å². The number of furan rings is 1. The van der Waals surface area contributed by atoms with Crippen LogP contribution < -0.4 is 4.74 Å². The molecule has 0 spiro atoms. The summed E-state index contributed by atoms with van der Waals surface area (Å²) in [4.78, 5) is 4.36. The first-order valence-electron chi connectivity index (χ1n) is 7.73. The third kappa shape index (κ3) is 3.79. The third-order valence-corrected chi connectivity index (χ3v) is 6.33. The minimum Gasteiger partial charge on any atom is -0.497 e. The Morgan fingerprint density at radius 2 is 2.08 bits per heavy atom. The molecule has 2 heterocycles. The van der Waals surface area contributed by atoms with E-state index in [4.69, 9.17) is 9.15 Å². The summed E-state index contributed by atoms with van der Waals surface area (Å²) >= 11 is 1.46. The Hall–Kier alpha value is -2.23. The van der Waals surface area contributed by atoms with E-state index in [-0.39, 0.29) is 5.09 Å². The summed E-state index contributed by atoms with van der Waals surface area (Å²) < 4.78 is 38.0. The maximum Gasteiger partial charge on any atom is 0.275 e. The Balaban J connectivity index is 1.76. The summed E-state index contributed by atoms with van der Waals surface area (Å²) in [5, 5.41) is 0.709. The molecule has 0 fully saturated rings. The molecule has 0 bridgehead atoms. The first-order chi connectivity index (χ1) is 12.4. The highest BCUT2D eigenvalue weighted by Gasteiger charge is 2.21. The van der Waals surface area contributed by atoms with Gasteiger partial charge in [0.25, 0.3) is 10.0 Å². The van der Waals surface area contributed by atoms with Crippen LogP contribution in [0, 0.1) is 0 Å². The number of aromatic nitrogens is 2. The van der Waals surface area contributed by atoms with E-state index in [1.54, 1.807) is 19.4 Å². The third-order valence-electron chi connectivity index (χ3n) is 3.65. The molecule has 0 amide bonds. The Labute approximate surface area is 156 Å². The average Bonchev–Trinajstić information content (AvgIpc) is 3.29. The van der Waals surface area contributed by atoms with Crippen molar-refractivity contribution in [1.29, 1.82) is 0 Å². The number of ether oxygens (including phenoxy) is 1. The second-order valence-electron chi connectivity index (χ2n) is 5.58. The molecule has 0 unspecified atom stereocenters. The van der Waals surface area contributed by atoms with Gasteiger partial charge in [-0.2, -0.15) is 0 Å². The Morgan fingerprint density at radius 1 is 1.27 bits per heavy atom. The number of hydrogen-bond donors (Lipinski definition) is 0. The van der Waals surface area contributed by atoms with Crippen LogP contribution in [0.25, 0.3) is 5.69 Å². The van der Waals surface area contributed by atoms with Gasteiger partial charge in [0.1, 0.15) is 11.5 Å². The summed E-state index contributed by atoms with van der Waals surface area (Å²) in [6.07, 6.45) is 3.58. The summed E-state index contributed by atoms with van der Waals surface area (Å²) in [7, 11) is 0.999. The minimum absolute atomic E-state index is 0.0609. The van der Waals surface area contributed by atoms with Crippen molar-refractivity contribution in [2.24, 2.45) is 0 Å². The molecular weight excluding hydrogens is 374 g/mol. The highest BCUT2D eigenvalue weighted by Crippen LogP contribution is 2.27. The zero-order valence-electron chi connectivity index (χ0n) is 14.6. The summed E-state index contributed by atoms with van der Waals surface area (Å²) in [5.41, 5.74) is 0.930. The van der Waals surface area contributed by atoms with Crippen molar-refractivity contribution in [1.82, 2.24) is 13.9 Å². The summed E-state index contributed by atoms with van der Waals surface area (Å²) in [6.45, 7) is 0. The minimum atomic E-state index is -3.56. The van der Waals surface area contributed by atoms with Crippen molar-refractivity contribution in [2.75, 3.05) is 21.2 Å². The van der Waals surface area contributed by atoms with E-state index in [1.165, 1.54) is 31.9 Å². The maximum absolute atomic E-state index is 12.1. The van der Waals surface area contributed by atoms with Gasteiger partial charge in [-0.3, -0.25) is 4.57 Å². The molecular formula is C17H19N3O4S2. The molecule has 0 aliphatic carbocycles. The van der Waals surface area contributed by atoms with Crippen LogP contribution in [0.4, 0.5) is 0 Å². The van der Waals surface area contributed by atoms with Crippen LogP contribution in [0.15, 0.2) is 63.5 Å². The van der Waals surface area contributed by atoms with Gasteiger partial charge < -0.3 is 9.15 Å². The average molecular weight is 393 g/mol. The Kier molecular flexibility index (Phi) is 5.40. The van der Waals surface area contributed by atoms with Crippen LogP contribution in [0.1, 0.15) is 5.76 Å². The molecule has 0 N–H and O–H groups in total. The predicted molar refractivity (Wildman–Crippen MR) is 99.3 cm³/mol.